The minimum Gasteiger partial charge on any atom is -0.486 e. The molecule has 1 saturated heterocycles. The van der Waals surface area contributed by atoms with Crippen molar-refractivity contribution in [3.05, 3.63) is 89.4 Å². The molecular weight excluding hydrogens is 632 g/mol. The summed E-state index contributed by atoms with van der Waals surface area (Å²) in [6.45, 7) is 2.93. The van der Waals surface area contributed by atoms with E-state index in [9.17, 15) is 10.1 Å². The summed E-state index contributed by atoms with van der Waals surface area (Å²) in [6.07, 6.45) is 10.9. The molecule has 0 aliphatic carbocycles. The number of fused-ring (bicyclic) bond motifs is 1. The van der Waals surface area contributed by atoms with Gasteiger partial charge in [-0.3, -0.25) is 14.8 Å². The molecular formula is C36H39ClN6O5. The first kappa shape index (κ1) is 34.6. The molecule has 48 heavy (non-hydrogen) atoms. The fraction of sp³-hybridized carbons (Fsp3) is 0.333. The number of aromatic nitrogens is 2. The quantitative estimate of drug-likeness (QED) is 0.0746. The molecule has 5 rings (SSSR count). The number of halogens is 1. The highest BCUT2D eigenvalue weighted by Crippen LogP contribution is 2.38. The smallest absolute Gasteiger partial charge is 0.248 e. The zero-order chi connectivity index (χ0) is 33.6. The molecule has 3 heterocycles. The van der Waals surface area contributed by atoms with Gasteiger partial charge in [0.05, 0.1) is 46.4 Å². The highest BCUT2D eigenvalue weighted by atomic mass is 35.5. The number of carbonyl (C=O) groups is 1. The van der Waals surface area contributed by atoms with Gasteiger partial charge in [-0.05, 0) is 55.8 Å². The predicted octanol–water partition coefficient (Wildman–Crippen LogP) is 6.28. The zero-order valence-corrected chi connectivity index (χ0v) is 27.3. The number of hydrogen-bond acceptors (Lipinski definition) is 10. The summed E-state index contributed by atoms with van der Waals surface area (Å²) in [7, 11) is 0. The Balaban J connectivity index is 1.34. The lowest BCUT2D eigenvalue weighted by atomic mass is 10.1. The van der Waals surface area contributed by atoms with Gasteiger partial charge in [-0.25, -0.2) is 0 Å². The largest absolute Gasteiger partial charge is 0.486 e. The fourth-order valence-electron chi connectivity index (χ4n) is 5.14. The van der Waals surface area contributed by atoms with E-state index in [-0.39, 0.29) is 25.2 Å². The Kier molecular flexibility index (Phi) is 13.0. The average molecular weight is 671 g/mol. The molecule has 4 N–H and O–H groups in total. The molecule has 4 aromatic rings. The first-order valence-electron chi connectivity index (χ1n) is 16.0. The van der Waals surface area contributed by atoms with Gasteiger partial charge in [0.15, 0.2) is 0 Å². The zero-order valence-electron chi connectivity index (χ0n) is 26.6. The van der Waals surface area contributed by atoms with Gasteiger partial charge in [-0.15, -0.1) is 0 Å². The molecule has 2 aromatic carbocycles. The minimum absolute atomic E-state index is 0.160. The summed E-state index contributed by atoms with van der Waals surface area (Å²) in [4.78, 5) is 21.8. The van der Waals surface area contributed by atoms with Crippen molar-refractivity contribution >= 4 is 45.5 Å². The number of amides is 1. The first-order chi connectivity index (χ1) is 23.5. The normalized spacial score (nSPS) is 14.2. The molecule has 0 radical (unpaired) electrons. The molecule has 0 bridgehead atoms. The van der Waals surface area contributed by atoms with Gasteiger partial charge in [0.1, 0.15) is 30.3 Å². The van der Waals surface area contributed by atoms with Crippen molar-refractivity contribution in [2.75, 3.05) is 43.5 Å². The van der Waals surface area contributed by atoms with Crippen LogP contribution in [0.1, 0.15) is 43.4 Å². The monoisotopic (exact) mass is 670 g/mol. The van der Waals surface area contributed by atoms with Crippen LogP contribution in [0.15, 0.2) is 73.1 Å². The fourth-order valence-corrected chi connectivity index (χ4v) is 5.37. The molecule has 1 fully saturated rings. The molecule has 0 saturated carbocycles. The molecule has 1 aliphatic heterocycles. The number of nitrogens with one attached hydrogen (secondary N) is 3. The van der Waals surface area contributed by atoms with Gasteiger partial charge >= 0.3 is 0 Å². The van der Waals surface area contributed by atoms with E-state index in [2.05, 4.69) is 32.0 Å². The highest BCUT2D eigenvalue weighted by molar-refractivity contribution is 6.32. The van der Waals surface area contributed by atoms with E-state index in [0.29, 0.717) is 69.8 Å². The average Bonchev–Trinajstić information content (AvgIpc) is 3.61. The number of rotatable bonds is 17. The lowest BCUT2D eigenvalue weighted by Crippen LogP contribution is -2.18. The summed E-state index contributed by atoms with van der Waals surface area (Å²) in [5.74, 6) is 0.636. The van der Waals surface area contributed by atoms with Crippen LogP contribution in [0.5, 0.6) is 11.5 Å². The van der Waals surface area contributed by atoms with Gasteiger partial charge in [0.2, 0.25) is 5.91 Å². The summed E-state index contributed by atoms with van der Waals surface area (Å²) in [5.41, 5.74) is 3.24. The number of nitriles is 1. The Morgan fingerprint density at radius 3 is 2.79 bits per heavy atom. The van der Waals surface area contributed by atoms with Crippen LogP contribution in [-0.4, -0.2) is 60.0 Å². The van der Waals surface area contributed by atoms with E-state index < -0.39 is 0 Å². The summed E-state index contributed by atoms with van der Waals surface area (Å²) >= 11 is 6.58. The van der Waals surface area contributed by atoms with Crippen LogP contribution < -0.4 is 25.4 Å². The van der Waals surface area contributed by atoms with E-state index in [1.54, 1.807) is 42.6 Å². The van der Waals surface area contributed by atoms with E-state index in [0.717, 1.165) is 44.3 Å². The lowest BCUT2D eigenvalue weighted by Gasteiger charge is -2.18. The van der Waals surface area contributed by atoms with Crippen molar-refractivity contribution in [2.45, 2.75) is 44.8 Å². The molecule has 1 unspecified atom stereocenters. The predicted molar refractivity (Wildman–Crippen MR) is 186 cm³/mol. The van der Waals surface area contributed by atoms with Crippen LogP contribution in [0.3, 0.4) is 0 Å². The third-order valence-corrected chi connectivity index (χ3v) is 7.92. The van der Waals surface area contributed by atoms with Crippen LogP contribution in [0, 0.1) is 11.3 Å². The number of unbranched alkanes of at least 4 members (excludes halogenated alkanes) is 3. The number of nitrogens with zero attached hydrogens (tertiary/aromatic N) is 3. The second-order valence-electron chi connectivity index (χ2n) is 11.2. The van der Waals surface area contributed by atoms with Gasteiger partial charge in [-0.2, -0.15) is 5.26 Å². The third-order valence-electron chi connectivity index (χ3n) is 7.63. The van der Waals surface area contributed by atoms with Crippen molar-refractivity contribution in [2.24, 2.45) is 0 Å². The van der Waals surface area contributed by atoms with Crippen molar-refractivity contribution < 1.29 is 24.1 Å². The van der Waals surface area contributed by atoms with E-state index in [4.69, 9.17) is 30.9 Å². The number of aliphatic hydroxyl groups excluding tert-OH is 1. The van der Waals surface area contributed by atoms with Crippen LogP contribution in [0.4, 0.5) is 17.1 Å². The van der Waals surface area contributed by atoms with Crippen molar-refractivity contribution in [3.63, 3.8) is 0 Å². The second kappa shape index (κ2) is 18.0. The van der Waals surface area contributed by atoms with E-state index in [1.807, 2.05) is 18.2 Å². The van der Waals surface area contributed by atoms with E-state index in [1.165, 1.54) is 12.3 Å². The van der Waals surface area contributed by atoms with Crippen molar-refractivity contribution in [1.29, 1.82) is 5.26 Å². The summed E-state index contributed by atoms with van der Waals surface area (Å²) < 4.78 is 17.6. The maximum Gasteiger partial charge on any atom is 0.248 e. The lowest BCUT2D eigenvalue weighted by molar-refractivity contribution is -0.111. The standard InChI is InChI=1S/C36H39ClN6O5/c37-30-18-26(10-11-33(30)47-23-27-8-3-5-15-40-27)42-36-25(21-38)22-41-31-20-34(48-28-12-17-46-24-28)32(19-29(31)36)43-35(45)9-7-14-39-13-4-1-2-6-16-44/h3,5,7-11,15,18-20,22,28,39,44H,1-2,4,6,12-14,16-17,23-24H2,(H,41,42)(H,43,45)/b9-7+. The highest BCUT2D eigenvalue weighted by Gasteiger charge is 2.21. The number of aliphatic hydroxyl groups is 1. The number of carbonyl (C=O) groups excluding carboxylic acids is 1. The third kappa shape index (κ3) is 9.89. The van der Waals surface area contributed by atoms with Gasteiger partial charge in [0.25, 0.3) is 0 Å². The number of benzene rings is 2. The molecule has 12 heteroatoms. The summed E-state index contributed by atoms with van der Waals surface area (Å²) in [6, 6.07) is 16.6. The van der Waals surface area contributed by atoms with Crippen LogP contribution in [0.2, 0.25) is 5.02 Å². The summed E-state index contributed by atoms with van der Waals surface area (Å²) in [5, 5.41) is 29.4. The Labute approximate surface area is 284 Å². The van der Waals surface area contributed by atoms with Gasteiger partial charge < -0.3 is 35.3 Å². The van der Waals surface area contributed by atoms with Gasteiger partial charge in [-0.1, -0.05) is 36.6 Å². The Morgan fingerprint density at radius 2 is 2.02 bits per heavy atom. The molecule has 1 atom stereocenters. The van der Waals surface area contributed by atoms with Crippen LogP contribution in [-0.2, 0) is 16.1 Å². The van der Waals surface area contributed by atoms with Crippen molar-refractivity contribution in [3.8, 4) is 17.6 Å². The molecule has 1 aliphatic rings. The maximum atomic E-state index is 13.0. The Bertz CT molecular complexity index is 1740. The number of hydrogen-bond donors (Lipinski definition) is 4. The number of anilines is 3. The van der Waals surface area contributed by atoms with Gasteiger partial charge in [0, 0.05) is 55.2 Å². The van der Waals surface area contributed by atoms with Crippen LogP contribution in [0.25, 0.3) is 10.9 Å². The topological polar surface area (TPSA) is 151 Å². The second-order valence-corrected chi connectivity index (χ2v) is 11.6. The van der Waals surface area contributed by atoms with E-state index >= 15 is 0 Å². The number of ether oxygens (including phenoxy) is 3. The van der Waals surface area contributed by atoms with Crippen molar-refractivity contribution in [1.82, 2.24) is 15.3 Å². The maximum absolute atomic E-state index is 13.0. The molecule has 0 spiro atoms. The Morgan fingerprint density at radius 1 is 1.12 bits per heavy atom. The van der Waals surface area contributed by atoms with Crippen LogP contribution >= 0.6 is 11.6 Å². The molecule has 11 nitrogen and oxygen atoms in total. The molecule has 250 valence electrons. The molecule has 1 amide bonds. The first-order valence-corrected chi connectivity index (χ1v) is 16.4. The minimum atomic E-state index is -0.321. The molecule has 2 aromatic heterocycles. The SMILES string of the molecule is N#Cc1cnc2cc(OC3CCOC3)c(NC(=O)/C=C/CNCCCCCCO)cc2c1Nc1ccc(OCc2ccccn2)c(Cl)c1. The Hall–Kier alpha value is -4.73. The number of pyridine rings is 2.